The van der Waals surface area contributed by atoms with E-state index < -0.39 is 10.9 Å². The molecule has 1 heterocycles. The van der Waals surface area contributed by atoms with E-state index in [9.17, 15) is 14.9 Å². The Kier molecular flexibility index (Phi) is 2.70. The van der Waals surface area contributed by atoms with Crippen LogP contribution in [-0.2, 0) is 11.2 Å². The number of carboxylic acids is 1. The summed E-state index contributed by atoms with van der Waals surface area (Å²) in [5.74, 6) is -0.982. The molecule has 86 valence electrons. The number of aliphatic carboxylic acids is 1. The number of hydrogen-bond acceptors (Lipinski definition) is 4. The molecule has 1 aromatic carbocycles. The highest BCUT2D eigenvalue weighted by atomic mass is 16.6. The van der Waals surface area contributed by atoms with Crippen LogP contribution in [0.15, 0.2) is 30.6 Å². The Labute approximate surface area is 95.7 Å². The molecule has 0 fully saturated rings. The third-order valence-corrected chi connectivity index (χ3v) is 2.42. The summed E-state index contributed by atoms with van der Waals surface area (Å²) in [7, 11) is 0. The molecular formula is C11H8N2O4. The van der Waals surface area contributed by atoms with Crippen molar-refractivity contribution in [2.24, 2.45) is 0 Å². The van der Waals surface area contributed by atoms with E-state index in [-0.39, 0.29) is 12.1 Å². The maximum atomic E-state index is 10.8. The van der Waals surface area contributed by atoms with Crippen LogP contribution in [0.2, 0.25) is 0 Å². The zero-order valence-corrected chi connectivity index (χ0v) is 8.66. The fourth-order valence-electron chi connectivity index (χ4n) is 1.71. The number of pyridine rings is 1. The molecule has 2 rings (SSSR count). The summed E-state index contributed by atoms with van der Waals surface area (Å²) in [5, 5.41) is 20.5. The van der Waals surface area contributed by atoms with Crippen LogP contribution >= 0.6 is 0 Å². The van der Waals surface area contributed by atoms with E-state index >= 15 is 0 Å². The predicted molar refractivity (Wildman–Crippen MR) is 59.7 cm³/mol. The number of hydrogen-bond donors (Lipinski definition) is 1. The summed E-state index contributed by atoms with van der Waals surface area (Å²) in [5.41, 5.74) is 0.475. The lowest BCUT2D eigenvalue weighted by Crippen LogP contribution is -2.01. The molecule has 17 heavy (non-hydrogen) atoms. The van der Waals surface area contributed by atoms with Gasteiger partial charge in [0.15, 0.2) is 0 Å². The lowest BCUT2D eigenvalue weighted by atomic mass is 10.0. The highest BCUT2D eigenvalue weighted by Crippen LogP contribution is 2.27. The predicted octanol–water partition coefficient (Wildman–Crippen LogP) is 1.77. The van der Waals surface area contributed by atoms with Crippen molar-refractivity contribution in [1.82, 2.24) is 4.98 Å². The standard InChI is InChI=1S/C11H8N2O4/c14-11(15)5-7-1-2-10(13(16)17)8-3-4-12-6-9(7)8/h1-4,6H,5H2,(H,14,15). The first-order chi connectivity index (χ1) is 8.09. The normalized spacial score (nSPS) is 10.4. The first-order valence-corrected chi connectivity index (χ1v) is 4.81. The lowest BCUT2D eigenvalue weighted by molar-refractivity contribution is -0.383. The van der Waals surface area contributed by atoms with E-state index in [0.717, 1.165) is 0 Å². The second kappa shape index (κ2) is 4.17. The van der Waals surface area contributed by atoms with Gasteiger partial charge in [0.2, 0.25) is 0 Å². The fourth-order valence-corrected chi connectivity index (χ4v) is 1.71. The third-order valence-electron chi connectivity index (χ3n) is 2.42. The quantitative estimate of drug-likeness (QED) is 0.642. The molecule has 1 aromatic heterocycles. The highest BCUT2D eigenvalue weighted by molar-refractivity contribution is 5.94. The molecule has 6 heteroatoms. The smallest absolute Gasteiger partial charge is 0.307 e. The van der Waals surface area contributed by atoms with E-state index in [4.69, 9.17) is 5.11 Å². The molecule has 0 spiro atoms. The molecule has 1 N–H and O–H groups in total. The number of nitro groups is 1. The number of rotatable bonds is 3. The van der Waals surface area contributed by atoms with Crippen LogP contribution in [0.1, 0.15) is 5.56 Å². The fraction of sp³-hybridized carbons (Fsp3) is 0.0909. The van der Waals surface area contributed by atoms with Gasteiger partial charge < -0.3 is 5.11 Å². The Morgan fingerprint density at radius 3 is 2.76 bits per heavy atom. The van der Waals surface area contributed by atoms with Gasteiger partial charge in [0.25, 0.3) is 5.69 Å². The Bertz CT molecular complexity index is 609. The Hall–Kier alpha value is -2.50. The van der Waals surface area contributed by atoms with Gasteiger partial charge >= 0.3 is 5.97 Å². The maximum absolute atomic E-state index is 10.8. The van der Waals surface area contributed by atoms with Gasteiger partial charge in [-0.2, -0.15) is 0 Å². The number of carboxylic acid groups (broad SMARTS) is 1. The zero-order chi connectivity index (χ0) is 12.4. The summed E-state index contributed by atoms with van der Waals surface area (Å²) in [4.78, 5) is 24.9. The van der Waals surface area contributed by atoms with Crippen LogP contribution in [0.5, 0.6) is 0 Å². The van der Waals surface area contributed by atoms with Crippen molar-refractivity contribution >= 4 is 22.4 Å². The minimum absolute atomic E-state index is 0.0449. The van der Waals surface area contributed by atoms with Crippen molar-refractivity contribution in [2.45, 2.75) is 6.42 Å². The third kappa shape index (κ3) is 2.05. The van der Waals surface area contributed by atoms with Crippen LogP contribution in [0, 0.1) is 10.1 Å². The number of benzene rings is 1. The molecule has 0 aliphatic heterocycles. The van der Waals surface area contributed by atoms with Crippen molar-refractivity contribution < 1.29 is 14.8 Å². The van der Waals surface area contributed by atoms with Crippen LogP contribution in [0.4, 0.5) is 5.69 Å². The average Bonchev–Trinajstić information content (AvgIpc) is 2.28. The van der Waals surface area contributed by atoms with Gasteiger partial charge in [-0.15, -0.1) is 0 Å². The number of nitro benzene ring substituents is 1. The molecule has 2 aromatic rings. The van der Waals surface area contributed by atoms with Gasteiger partial charge in [-0.1, -0.05) is 6.07 Å². The first-order valence-electron chi connectivity index (χ1n) is 4.81. The van der Waals surface area contributed by atoms with Crippen LogP contribution in [0.3, 0.4) is 0 Å². The van der Waals surface area contributed by atoms with Gasteiger partial charge in [-0.3, -0.25) is 19.9 Å². The largest absolute Gasteiger partial charge is 0.481 e. The lowest BCUT2D eigenvalue weighted by Gasteiger charge is -2.04. The van der Waals surface area contributed by atoms with E-state index in [1.165, 1.54) is 30.6 Å². The molecule has 0 saturated heterocycles. The van der Waals surface area contributed by atoms with Crippen LogP contribution < -0.4 is 0 Å². The van der Waals surface area contributed by atoms with Gasteiger partial charge in [-0.05, 0) is 11.6 Å². The molecule has 0 bridgehead atoms. The highest BCUT2D eigenvalue weighted by Gasteiger charge is 2.15. The van der Waals surface area contributed by atoms with E-state index in [0.29, 0.717) is 16.3 Å². The molecular weight excluding hydrogens is 224 g/mol. The van der Waals surface area contributed by atoms with Gasteiger partial charge in [-0.25, -0.2) is 0 Å². The Morgan fingerprint density at radius 1 is 1.35 bits per heavy atom. The summed E-state index contributed by atoms with van der Waals surface area (Å²) in [6, 6.07) is 4.29. The van der Waals surface area contributed by atoms with Gasteiger partial charge in [0.1, 0.15) is 0 Å². The van der Waals surface area contributed by atoms with Crippen LogP contribution in [-0.4, -0.2) is 21.0 Å². The summed E-state index contributed by atoms with van der Waals surface area (Å²) < 4.78 is 0. The van der Waals surface area contributed by atoms with Crippen molar-refractivity contribution in [3.05, 3.63) is 46.3 Å². The van der Waals surface area contributed by atoms with Crippen molar-refractivity contribution in [3.63, 3.8) is 0 Å². The summed E-state index contributed by atoms with van der Waals surface area (Å²) in [6.07, 6.45) is 2.71. The Balaban J connectivity index is 2.70. The van der Waals surface area contributed by atoms with Gasteiger partial charge in [0, 0.05) is 23.8 Å². The van der Waals surface area contributed by atoms with E-state index in [1.54, 1.807) is 0 Å². The number of carbonyl (C=O) groups is 1. The van der Waals surface area contributed by atoms with Crippen molar-refractivity contribution in [3.8, 4) is 0 Å². The molecule has 0 amide bonds. The van der Waals surface area contributed by atoms with Crippen molar-refractivity contribution in [1.29, 1.82) is 0 Å². The first kappa shape index (κ1) is 11.0. The Morgan fingerprint density at radius 2 is 2.12 bits per heavy atom. The number of nitrogens with zero attached hydrogens (tertiary/aromatic N) is 2. The molecule has 6 nitrogen and oxygen atoms in total. The summed E-state index contributed by atoms with van der Waals surface area (Å²) >= 11 is 0. The average molecular weight is 232 g/mol. The molecule has 0 unspecified atom stereocenters. The monoisotopic (exact) mass is 232 g/mol. The molecule has 0 atom stereocenters. The minimum atomic E-state index is -0.982. The van der Waals surface area contributed by atoms with Crippen LogP contribution in [0.25, 0.3) is 10.8 Å². The zero-order valence-electron chi connectivity index (χ0n) is 8.66. The second-order valence-electron chi connectivity index (χ2n) is 3.49. The SMILES string of the molecule is O=C(O)Cc1ccc([N+](=O)[O-])c2ccncc12. The van der Waals surface area contributed by atoms with E-state index in [2.05, 4.69) is 4.98 Å². The number of fused-ring (bicyclic) bond motifs is 1. The van der Waals surface area contributed by atoms with E-state index in [1.807, 2.05) is 0 Å². The number of non-ortho nitro benzene ring substituents is 1. The number of aromatic nitrogens is 1. The molecule has 0 saturated carbocycles. The molecule has 0 radical (unpaired) electrons. The van der Waals surface area contributed by atoms with Crippen molar-refractivity contribution in [2.75, 3.05) is 0 Å². The maximum Gasteiger partial charge on any atom is 0.307 e. The second-order valence-corrected chi connectivity index (χ2v) is 3.49. The minimum Gasteiger partial charge on any atom is -0.481 e. The molecule has 0 aliphatic rings. The van der Waals surface area contributed by atoms with Gasteiger partial charge in [0.05, 0.1) is 16.7 Å². The topological polar surface area (TPSA) is 93.3 Å². The molecule has 0 aliphatic carbocycles. The summed E-state index contributed by atoms with van der Waals surface area (Å²) in [6.45, 7) is 0.